The second-order valence-corrected chi connectivity index (χ2v) is 8.55. The van der Waals surface area contributed by atoms with Crippen molar-refractivity contribution in [2.75, 3.05) is 18.5 Å². The highest BCUT2D eigenvalue weighted by atomic mass is 35.5. The maximum Gasteiger partial charge on any atom is 0.410 e. The van der Waals surface area contributed by atoms with Gasteiger partial charge in [0.2, 0.25) is 0 Å². The predicted molar refractivity (Wildman–Crippen MR) is 100 cm³/mol. The molecule has 0 N–H and O–H groups in total. The summed E-state index contributed by atoms with van der Waals surface area (Å²) < 4.78 is 5.56. The molecule has 1 aliphatic carbocycles. The molecule has 0 aromatic carbocycles. The molecule has 2 atom stereocenters. The lowest BCUT2D eigenvalue weighted by Crippen LogP contribution is -2.51. The number of ether oxygens (including phenoxy) is 1. The number of carbonyl (C=O) groups excluding carboxylic acids is 1. The molecule has 2 aliphatic rings. The Morgan fingerprint density at radius 1 is 1.46 bits per heavy atom. The fourth-order valence-corrected chi connectivity index (χ4v) is 4.10. The van der Waals surface area contributed by atoms with Crippen LogP contribution in [0.5, 0.6) is 0 Å². The van der Waals surface area contributed by atoms with E-state index >= 15 is 0 Å². The summed E-state index contributed by atoms with van der Waals surface area (Å²) >= 11 is 6.06. The van der Waals surface area contributed by atoms with Gasteiger partial charge >= 0.3 is 6.09 Å². The second kappa shape index (κ2) is 6.62. The first-order valence-corrected chi connectivity index (χ1v) is 9.36. The predicted octanol–water partition coefficient (Wildman–Crippen LogP) is 3.97. The molecular formula is C19H25ClN4O2. The van der Waals surface area contributed by atoms with Crippen LogP contribution >= 0.6 is 11.6 Å². The minimum absolute atomic E-state index is 0.0263. The van der Waals surface area contributed by atoms with E-state index in [2.05, 4.69) is 16.0 Å². The van der Waals surface area contributed by atoms with E-state index in [1.807, 2.05) is 20.8 Å². The van der Waals surface area contributed by atoms with Crippen molar-refractivity contribution in [1.82, 2.24) is 9.88 Å². The van der Waals surface area contributed by atoms with Crippen LogP contribution in [0.1, 0.15) is 52.0 Å². The molecule has 1 spiro atoms. The molecule has 140 valence electrons. The van der Waals surface area contributed by atoms with E-state index in [-0.39, 0.29) is 17.7 Å². The van der Waals surface area contributed by atoms with Gasteiger partial charge in [-0.05, 0) is 45.7 Å². The van der Waals surface area contributed by atoms with E-state index in [0.717, 1.165) is 32.2 Å². The zero-order valence-electron chi connectivity index (χ0n) is 15.8. The molecule has 2 fully saturated rings. The molecule has 1 amide bonds. The van der Waals surface area contributed by atoms with Gasteiger partial charge in [0, 0.05) is 13.6 Å². The minimum atomic E-state index is -0.529. The summed E-state index contributed by atoms with van der Waals surface area (Å²) in [5.74, 6) is 0.615. The van der Waals surface area contributed by atoms with Crippen LogP contribution < -0.4 is 4.90 Å². The number of halogens is 1. The topological polar surface area (TPSA) is 69.2 Å². The molecule has 2 heterocycles. The van der Waals surface area contributed by atoms with Crippen LogP contribution in [-0.4, -0.2) is 46.8 Å². The van der Waals surface area contributed by atoms with Crippen molar-refractivity contribution in [3.8, 4) is 6.07 Å². The molecule has 0 radical (unpaired) electrons. The molecule has 3 rings (SSSR count). The highest BCUT2D eigenvalue weighted by molar-refractivity contribution is 6.29. The van der Waals surface area contributed by atoms with Crippen molar-refractivity contribution in [1.29, 1.82) is 5.26 Å². The number of amides is 1. The fraction of sp³-hybridized carbons (Fsp3) is 0.632. The first-order valence-electron chi connectivity index (χ1n) is 8.98. The number of nitrogens with zero attached hydrogens (tertiary/aromatic N) is 4. The molecule has 1 aliphatic heterocycles. The average Bonchev–Trinajstić information content (AvgIpc) is 3.27. The van der Waals surface area contributed by atoms with Gasteiger partial charge in [0.05, 0.1) is 17.1 Å². The fourth-order valence-electron chi connectivity index (χ4n) is 3.96. The van der Waals surface area contributed by atoms with Gasteiger partial charge in [0.25, 0.3) is 0 Å². The first kappa shape index (κ1) is 18.8. The van der Waals surface area contributed by atoms with E-state index < -0.39 is 5.60 Å². The van der Waals surface area contributed by atoms with Crippen molar-refractivity contribution in [3.05, 3.63) is 22.8 Å². The highest BCUT2D eigenvalue weighted by Gasteiger charge is 2.61. The van der Waals surface area contributed by atoms with Crippen LogP contribution in [0.2, 0.25) is 5.15 Å². The number of rotatable bonds is 2. The van der Waals surface area contributed by atoms with Gasteiger partial charge in [-0.2, -0.15) is 5.26 Å². The van der Waals surface area contributed by atoms with Crippen LogP contribution in [0.4, 0.5) is 10.6 Å². The van der Waals surface area contributed by atoms with Crippen LogP contribution in [-0.2, 0) is 4.74 Å². The van der Waals surface area contributed by atoms with Gasteiger partial charge in [-0.15, -0.1) is 0 Å². The van der Waals surface area contributed by atoms with Crippen molar-refractivity contribution in [2.45, 2.75) is 63.6 Å². The Morgan fingerprint density at radius 3 is 2.85 bits per heavy atom. The summed E-state index contributed by atoms with van der Waals surface area (Å²) in [7, 11) is 1.80. The summed E-state index contributed by atoms with van der Waals surface area (Å²) in [5, 5.41) is 9.79. The summed E-state index contributed by atoms with van der Waals surface area (Å²) in [6.07, 6.45) is 3.73. The first-order chi connectivity index (χ1) is 12.2. The number of hydrogen-bond acceptors (Lipinski definition) is 5. The normalized spacial score (nSPS) is 24.9. The van der Waals surface area contributed by atoms with E-state index in [1.165, 1.54) is 0 Å². The second-order valence-electron chi connectivity index (χ2n) is 8.16. The van der Waals surface area contributed by atoms with Crippen LogP contribution in [0, 0.1) is 11.3 Å². The Kier molecular flexibility index (Phi) is 4.78. The third-order valence-electron chi connectivity index (χ3n) is 5.19. The van der Waals surface area contributed by atoms with Gasteiger partial charge in [-0.3, -0.25) is 0 Å². The summed E-state index contributed by atoms with van der Waals surface area (Å²) in [4.78, 5) is 20.8. The zero-order valence-corrected chi connectivity index (χ0v) is 16.5. The molecule has 7 heteroatoms. The Morgan fingerprint density at radius 2 is 2.19 bits per heavy atom. The number of carbonyl (C=O) groups is 1. The number of likely N-dealkylation sites (N-methyl/N-ethyl adjacent to an activating group) is 1. The maximum atomic E-state index is 12.6. The molecule has 26 heavy (non-hydrogen) atoms. The van der Waals surface area contributed by atoms with Crippen LogP contribution in [0.25, 0.3) is 0 Å². The molecule has 0 unspecified atom stereocenters. The molecule has 1 saturated heterocycles. The van der Waals surface area contributed by atoms with Crippen molar-refractivity contribution in [3.63, 3.8) is 0 Å². The van der Waals surface area contributed by atoms with Crippen molar-refractivity contribution in [2.24, 2.45) is 0 Å². The smallest absolute Gasteiger partial charge is 0.410 e. The van der Waals surface area contributed by atoms with Crippen LogP contribution in [0.3, 0.4) is 0 Å². The minimum Gasteiger partial charge on any atom is -0.444 e. The summed E-state index contributed by atoms with van der Waals surface area (Å²) in [6.45, 7) is 6.38. The molecular weight excluding hydrogens is 352 g/mol. The van der Waals surface area contributed by atoms with Crippen molar-refractivity contribution < 1.29 is 9.53 Å². The van der Waals surface area contributed by atoms with Gasteiger partial charge in [-0.1, -0.05) is 24.4 Å². The molecule has 6 nitrogen and oxygen atoms in total. The Balaban J connectivity index is 1.86. The number of anilines is 1. The largest absolute Gasteiger partial charge is 0.444 e. The summed E-state index contributed by atoms with van der Waals surface area (Å²) in [6, 6.07) is 5.55. The third-order valence-corrected chi connectivity index (χ3v) is 5.40. The lowest BCUT2D eigenvalue weighted by Gasteiger charge is -2.39. The number of nitriles is 1. The van der Waals surface area contributed by atoms with E-state index in [4.69, 9.17) is 16.3 Å². The molecule has 1 saturated carbocycles. The lowest BCUT2D eigenvalue weighted by atomic mass is 9.83. The van der Waals surface area contributed by atoms with Gasteiger partial charge in [-0.25, -0.2) is 9.78 Å². The Bertz CT molecular complexity index is 755. The monoisotopic (exact) mass is 376 g/mol. The standard InChI is InChI=1S/C19H25ClN4O2/c1-18(2,3)26-17(25)23(4)14-7-5-6-10-19(14)12-24(19)16-13(11-21)8-9-15(20)22-16/h8-9,14H,5-7,10,12H2,1-4H3/t14-,19-,24?/m0/s1. The molecule has 1 aromatic heterocycles. The zero-order chi connectivity index (χ0) is 19.1. The van der Waals surface area contributed by atoms with Gasteiger partial charge in [0.15, 0.2) is 0 Å². The number of aromatic nitrogens is 1. The van der Waals surface area contributed by atoms with Crippen molar-refractivity contribution >= 4 is 23.5 Å². The SMILES string of the molecule is CN(C(=O)OC(C)(C)C)[C@H]1CCCC[C@]12CN2c1nc(Cl)ccc1C#N. The third kappa shape index (κ3) is 3.45. The van der Waals surface area contributed by atoms with E-state index in [9.17, 15) is 10.1 Å². The molecule has 0 bridgehead atoms. The Labute approximate surface area is 159 Å². The number of hydrogen-bond donors (Lipinski definition) is 0. The maximum absolute atomic E-state index is 12.6. The number of pyridine rings is 1. The van der Waals surface area contributed by atoms with Crippen LogP contribution in [0.15, 0.2) is 12.1 Å². The Hall–Kier alpha value is -2.00. The summed E-state index contributed by atoms with van der Waals surface area (Å²) in [5.41, 5.74) is -0.206. The highest BCUT2D eigenvalue weighted by Crippen LogP contribution is 2.50. The van der Waals surface area contributed by atoms with E-state index in [0.29, 0.717) is 16.5 Å². The van der Waals surface area contributed by atoms with Gasteiger partial charge in [0.1, 0.15) is 22.6 Å². The molecule has 1 aromatic rings. The van der Waals surface area contributed by atoms with E-state index in [1.54, 1.807) is 24.1 Å². The average molecular weight is 377 g/mol. The van der Waals surface area contributed by atoms with Gasteiger partial charge < -0.3 is 14.5 Å². The quantitative estimate of drug-likeness (QED) is 0.576. The lowest BCUT2D eigenvalue weighted by molar-refractivity contribution is 0.0153.